The molecule has 4 heterocycles. The van der Waals surface area contributed by atoms with E-state index in [1.54, 1.807) is 0 Å². The van der Waals surface area contributed by atoms with Crippen LogP contribution in [-0.4, -0.2) is 58.2 Å². The third-order valence-corrected chi connectivity index (χ3v) is 6.15. The molecule has 0 saturated heterocycles. The second-order valence-corrected chi connectivity index (χ2v) is 8.58. The summed E-state index contributed by atoms with van der Waals surface area (Å²) in [5, 5.41) is 35.1. The van der Waals surface area contributed by atoms with Gasteiger partial charge in [-0.05, 0) is 28.6 Å². The molecule has 202 valence electrons. The molecule has 0 bridgehead atoms. The van der Waals surface area contributed by atoms with Crippen molar-refractivity contribution in [3.05, 3.63) is 76.9 Å². The molecule has 0 spiro atoms. The first-order chi connectivity index (χ1) is 18.7. The zero-order valence-corrected chi connectivity index (χ0v) is 20.6. The number of benzene rings is 1. The number of rotatable bonds is 9. The first kappa shape index (κ1) is 26.2. The van der Waals surface area contributed by atoms with Crippen molar-refractivity contribution >= 4 is 11.6 Å². The van der Waals surface area contributed by atoms with Gasteiger partial charge in [-0.25, -0.2) is 9.07 Å². The van der Waals surface area contributed by atoms with Crippen LogP contribution < -0.4 is 4.73 Å². The largest absolute Gasteiger partial charge is 0.618 e. The van der Waals surface area contributed by atoms with Crippen molar-refractivity contribution in [3.8, 4) is 28.1 Å². The van der Waals surface area contributed by atoms with Gasteiger partial charge < -0.3 is 9.94 Å². The number of pyridine rings is 1. The summed E-state index contributed by atoms with van der Waals surface area (Å²) in [5.74, 6) is -1.64. The average Bonchev–Trinajstić information content (AvgIpc) is 3.66. The lowest BCUT2D eigenvalue weighted by molar-refractivity contribution is -0.615. The van der Waals surface area contributed by atoms with Gasteiger partial charge >= 0.3 is 6.61 Å². The molecule has 0 aliphatic carbocycles. The van der Waals surface area contributed by atoms with E-state index >= 15 is 4.39 Å². The number of alkyl halides is 2. The van der Waals surface area contributed by atoms with Crippen LogP contribution in [-0.2, 0) is 11.8 Å². The molecule has 0 fully saturated rings. The fraction of sp³-hybridized carbons (Fsp3) is 0.227. The van der Waals surface area contributed by atoms with E-state index in [1.807, 2.05) is 0 Å². The Hall–Kier alpha value is -4.44. The highest BCUT2D eigenvalue weighted by Crippen LogP contribution is 2.33. The maximum Gasteiger partial charge on any atom is 0.345 e. The number of aromatic nitrogens is 10. The molecule has 1 aromatic carbocycles. The van der Waals surface area contributed by atoms with Crippen molar-refractivity contribution in [2.45, 2.75) is 19.1 Å². The summed E-state index contributed by atoms with van der Waals surface area (Å²) >= 11 is 6.00. The van der Waals surface area contributed by atoms with E-state index in [4.69, 9.17) is 11.6 Å². The van der Waals surface area contributed by atoms with Crippen LogP contribution in [0.3, 0.4) is 0 Å². The van der Waals surface area contributed by atoms with Gasteiger partial charge in [-0.2, -0.15) is 27.7 Å². The van der Waals surface area contributed by atoms with Crippen molar-refractivity contribution in [3.63, 3.8) is 0 Å². The van der Waals surface area contributed by atoms with E-state index in [2.05, 4.69) is 35.7 Å². The molecule has 0 unspecified atom stereocenters. The van der Waals surface area contributed by atoms with Crippen LogP contribution in [0, 0.1) is 17.0 Å². The molecule has 39 heavy (non-hydrogen) atoms. The highest BCUT2D eigenvalue weighted by molar-refractivity contribution is 6.31. The normalized spacial score (nSPS) is 12.4. The van der Waals surface area contributed by atoms with E-state index in [-0.39, 0.29) is 39.6 Å². The Labute approximate surface area is 221 Å². The standard InChI is InChI=1S/C22H17ClF4N10O2/c1-34-20(21(25)30-32-34)13-8-29-35(9-13)15(6-7-39-22(26)27)16-4-2-12(10-37(16)38)18-17(36-11-28-31-33-36)5-3-14(23)19(18)24/h2-5,8-11,15,22H,6-7H2,1H3/t15-/m1/s1. The minimum atomic E-state index is -3.02. The Bertz CT molecular complexity index is 1590. The van der Waals surface area contributed by atoms with Gasteiger partial charge in [-0.15, -0.1) is 5.10 Å². The molecule has 0 aliphatic rings. The molecule has 4 aromatic heterocycles. The summed E-state index contributed by atoms with van der Waals surface area (Å²) in [6.45, 7) is -3.45. The summed E-state index contributed by atoms with van der Waals surface area (Å²) in [6, 6.07) is 4.75. The zero-order chi connectivity index (χ0) is 27.7. The van der Waals surface area contributed by atoms with E-state index in [0.717, 1.165) is 6.20 Å². The van der Waals surface area contributed by atoms with Gasteiger partial charge in [0.2, 0.25) is 5.69 Å². The third kappa shape index (κ3) is 5.15. The molecule has 17 heteroatoms. The predicted molar refractivity (Wildman–Crippen MR) is 125 cm³/mol. The van der Waals surface area contributed by atoms with Gasteiger partial charge in [0, 0.05) is 31.3 Å². The lowest BCUT2D eigenvalue weighted by atomic mass is 10.0. The first-order valence-electron chi connectivity index (χ1n) is 11.2. The Kier molecular flexibility index (Phi) is 7.21. The van der Waals surface area contributed by atoms with Crippen molar-refractivity contribution in [2.24, 2.45) is 7.05 Å². The summed E-state index contributed by atoms with van der Waals surface area (Å²) in [4.78, 5) is 0. The van der Waals surface area contributed by atoms with E-state index in [9.17, 15) is 18.4 Å². The molecule has 5 aromatic rings. The zero-order valence-electron chi connectivity index (χ0n) is 19.9. The van der Waals surface area contributed by atoms with E-state index in [0.29, 0.717) is 10.3 Å². The van der Waals surface area contributed by atoms with Crippen LogP contribution in [0.1, 0.15) is 18.2 Å². The quantitative estimate of drug-likeness (QED) is 0.152. The highest BCUT2D eigenvalue weighted by atomic mass is 35.5. The molecular weight excluding hydrogens is 548 g/mol. The Morgan fingerprint density at radius 3 is 2.62 bits per heavy atom. The van der Waals surface area contributed by atoms with Crippen LogP contribution in [0.25, 0.3) is 28.1 Å². The molecule has 5 rings (SSSR count). The number of tetrazole rings is 1. The van der Waals surface area contributed by atoms with Gasteiger partial charge in [0.25, 0.3) is 5.95 Å². The van der Waals surface area contributed by atoms with Gasteiger partial charge in [0.1, 0.15) is 18.1 Å². The minimum absolute atomic E-state index is 0.0379. The summed E-state index contributed by atoms with van der Waals surface area (Å²) < 4.78 is 63.3. The molecular formula is C22H17ClF4N10O2. The van der Waals surface area contributed by atoms with Crippen molar-refractivity contribution < 1.29 is 27.0 Å². The van der Waals surface area contributed by atoms with Gasteiger partial charge in [-0.3, -0.25) is 4.68 Å². The fourth-order valence-corrected chi connectivity index (χ4v) is 4.29. The smallest absolute Gasteiger partial charge is 0.345 e. The summed E-state index contributed by atoms with van der Waals surface area (Å²) in [5.41, 5.74) is 0.734. The lowest BCUT2D eigenvalue weighted by Crippen LogP contribution is -2.36. The van der Waals surface area contributed by atoms with Crippen LogP contribution in [0.5, 0.6) is 0 Å². The summed E-state index contributed by atoms with van der Waals surface area (Å²) in [6.07, 6.45) is 5.01. The maximum atomic E-state index is 15.2. The second-order valence-electron chi connectivity index (χ2n) is 8.18. The maximum absolute atomic E-state index is 15.2. The molecule has 0 N–H and O–H groups in total. The van der Waals surface area contributed by atoms with E-state index in [1.165, 1.54) is 64.1 Å². The Morgan fingerprint density at radius 1 is 1.13 bits per heavy atom. The summed E-state index contributed by atoms with van der Waals surface area (Å²) in [7, 11) is 1.49. The minimum Gasteiger partial charge on any atom is -0.618 e. The van der Waals surface area contributed by atoms with Crippen LogP contribution in [0.4, 0.5) is 17.6 Å². The first-order valence-corrected chi connectivity index (χ1v) is 11.6. The molecule has 0 saturated carbocycles. The topological polar surface area (TPSA) is 128 Å². The van der Waals surface area contributed by atoms with Crippen molar-refractivity contribution in [1.29, 1.82) is 0 Å². The number of hydrogen-bond acceptors (Lipinski definition) is 8. The van der Waals surface area contributed by atoms with Gasteiger partial charge in [-0.1, -0.05) is 21.9 Å². The van der Waals surface area contributed by atoms with Crippen molar-refractivity contribution in [2.75, 3.05) is 6.61 Å². The predicted octanol–water partition coefficient (Wildman–Crippen LogP) is 3.11. The SMILES string of the molecule is Cn1nnc(F)c1-c1cnn([C@H](CCOC(F)F)c2ccc(-c3c(-n4cnnn4)ccc(Cl)c3F)c[n+]2[O-])c1. The van der Waals surface area contributed by atoms with Crippen LogP contribution in [0.2, 0.25) is 5.02 Å². The molecule has 0 aliphatic heterocycles. The fourth-order valence-electron chi connectivity index (χ4n) is 4.13. The van der Waals surface area contributed by atoms with Gasteiger partial charge in [0.05, 0.1) is 34.6 Å². The number of ether oxygens (including phenoxy) is 1. The number of nitrogens with zero attached hydrogens (tertiary/aromatic N) is 10. The van der Waals surface area contributed by atoms with Gasteiger partial charge in [0.15, 0.2) is 12.0 Å². The highest BCUT2D eigenvalue weighted by Gasteiger charge is 2.27. The molecule has 12 nitrogen and oxygen atoms in total. The van der Waals surface area contributed by atoms with Crippen LogP contribution >= 0.6 is 11.6 Å². The van der Waals surface area contributed by atoms with Crippen molar-refractivity contribution in [1.82, 2.24) is 45.0 Å². The Morgan fingerprint density at radius 2 is 1.95 bits per heavy atom. The Balaban J connectivity index is 1.55. The number of hydrogen-bond donors (Lipinski definition) is 0. The monoisotopic (exact) mass is 564 g/mol. The number of halogens is 5. The van der Waals surface area contributed by atoms with E-state index < -0.39 is 31.0 Å². The molecule has 0 radical (unpaired) electrons. The van der Waals surface area contributed by atoms with Crippen LogP contribution in [0.15, 0.2) is 49.2 Å². The number of aryl methyl sites for hydroxylation is 1. The average molecular weight is 565 g/mol. The molecule has 1 atom stereocenters. The third-order valence-electron chi connectivity index (χ3n) is 5.86. The lowest BCUT2D eigenvalue weighted by Gasteiger charge is -2.18. The molecule has 0 amide bonds. The second kappa shape index (κ2) is 10.7.